The first kappa shape index (κ1) is 5.69. The molecule has 0 aromatic rings. The molecule has 52 valence electrons. The monoisotopic (exact) mass is 127 g/mol. The minimum absolute atomic E-state index is 0.681. The van der Waals surface area contributed by atoms with E-state index >= 15 is 0 Å². The molecule has 0 spiro atoms. The van der Waals surface area contributed by atoms with Gasteiger partial charge in [-0.3, -0.25) is 0 Å². The predicted octanol–water partition coefficient (Wildman–Crippen LogP) is 0.241. The fourth-order valence-electron chi connectivity index (χ4n) is 1.81. The van der Waals surface area contributed by atoms with Gasteiger partial charge in [-0.15, -0.1) is 0 Å². The molecule has 0 amide bonds. The SMILES string of the molecule is COCC1NCC2CC21. The second-order valence-corrected chi connectivity index (χ2v) is 3.13. The topological polar surface area (TPSA) is 21.3 Å². The molecule has 2 heteroatoms. The van der Waals surface area contributed by atoms with Crippen molar-refractivity contribution in [2.24, 2.45) is 11.8 Å². The van der Waals surface area contributed by atoms with E-state index in [2.05, 4.69) is 5.32 Å². The van der Waals surface area contributed by atoms with Crippen LogP contribution in [0.5, 0.6) is 0 Å². The number of hydrogen-bond donors (Lipinski definition) is 1. The summed E-state index contributed by atoms with van der Waals surface area (Å²) in [4.78, 5) is 0. The van der Waals surface area contributed by atoms with E-state index in [1.807, 2.05) is 0 Å². The van der Waals surface area contributed by atoms with E-state index < -0.39 is 0 Å². The van der Waals surface area contributed by atoms with Crippen molar-refractivity contribution in [2.45, 2.75) is 12.5 Å². The third-order valence-electron chi connectivity index (χ3n) is 2.48. The fourth-order valence-corrected chi connectivity index (χ4v) is 1.81. The lowest BCUT2D eigenvalue weighted by molar-refractivity contribution is 0.166. The van der Waals surface area contributed by atoms with Crippen LogP contribution in [0.3, 0.4) is 0 Å². The third kappa shape index (κ3) is 0.864. The van der Waals surface area contributed by atoms with Crippen LogP contribution in [0, 0.1) is 11.8 Å². The van der Waals surface area contributed by atoms with Gasteiger partial charge in [0.05, 0.1) is 6.61 Å². The van der Waals surface area contributed by atoms with Crippen molar-refractivity contribution >= 4 is 0 Å². The number of fused-ring (bicyclic) bond motifs is 1. The Labute approximate surface area is 55.6 Å². The maximum atomic E-state index is 5.06. The van der Waals surface area contributed by atoms with Crippen LogP contribution in [0.15, 0.2) is 0 Å². The molecule has 1 aliphatic carbocycles. The van der Waals surface area contributed by atoms with Gasteiger partial charge >= 0.3 is 0 Å². The van der Waals surface area contributed by atoms with Crippen molar-refractivity contribution in [1.29, 1.82) is 0 Å². The van der Waals surface area contributed by atoms with Gasteiger partial charge in [0, 0.05) is 13.2 Å². The standard InChI is InChI=1S/C7H13NO/c1-9-4-7-6-2-5(6)3-8-7/h5-8H,2-4H2,1H3. The maximum absolute atomic E-state index is 5.06. The molecule has 3 unspecified atom stereocenters. The molecule has 2 nitrogen and oxygen atoms in total. The van der Waals surface area contributed by atoms with Gasteiger partial charge in [-0.1, -0.05) is 0 Å². The molecule has 2 fully saturated rings. The van der Waals surface area contributed by atoms with Crippen molar-refractivity contribution in [3.05, 3.63) is 0 Å². The number of piperidine rings is 1. The summed E-state index contributed by atoms with van der Waals surface area (Å²) < 4.78 is 5.06. The van der Waals surface area contributed by atoms with E-state index in [0.717, 1.165) is 18.4 Å². The Morgan fingerprint density at radius 3 is 3.00 bits per heavy atom. The van der Waals surface area contributed by atoms with Gasteiger partial charge in [0.2, 0.25) is 0 Å². The Morgan fingerprint density at radius 1 is 1.67 bits per heavy atom. The maximum Gasteiger partial charge on any atom is 0.0618 e. The molecule has 0 bridgehead atoms. The summed E-state index contributed by atoms with van der Waals surface area (Å²) in [5.74, 6) is 1.97. The Bertz CT molecular complexity index is 115. The summed E-state index contributed by atoms with van der Waals surface area (Å²) in [5, 5.41) is 3.43. The Hall–Kier alpha value is -0.0800. The van der Waals surface area contributed by atoms with E-state index in [9.17, 15) is 0 Å². The molecule has 9 heavy (non-hydrogen) atoms. The lowest BCUT2D eigenvalue weighted by Crippen LogP contribution is -2.30. The van der Waals surface area contributed by atoms with Gasteiger partial charge in [0.1, 0.15) is 0 Å². The quantitative estimate of drug-likeness (QED) is 0.573. The van der Waals surface area contributed by atoms with E-state index in [0.29, 0.717) is 6.04 Å². The van der Waals surface area contributed by atoms with Crippen LogP contribution in [-0.2, 0) is 4.74 Å². The smallest absolute Gasteiger partial charge is 0.0618 e. The highest BCUT2D eigenvalue weighted by atomic mass is 16.5. The summed E-state index contributed by atoms with van der Waals surface area (Å²) in [7, 11) is 1.78. The highest BCUT2D eigenvalue weighted by molar-refractivity contribution is 5.02. The van der Waals surface area contributed by atoms with Crippen LogP contribution >= 0.6 is 0 Å². The first-order valence-corrected chi connectivity index (χ1v) is 3.64. The van der Waals surface area contributed by atoms with Gasteiger partial charge < -0.3 is 10.1 Å². The van der Waals surface area contributed by atoms with Crippen LogP contribution in [0.25, 0.3) is 0 Å². The fraction of sp³-hybridized carbons (Fsp3) is 1.00. The lowest BCUT2D eigenvalue weighted by Gasteiger charge is -2.10. The second-order valence-electron chi connectivity index (χ2n) is 3.13. The third-order valence-corrected chi connectivity index (χ3v) is 2.48. The van der Waals surface area contributed by atoms with Crippen LogP contribution in [0.1, 0.15) is 6.42 Å². The first-order chi connectivity index (χ1) is 4.42. The predicted molar refractivity (Wildman–Crippen MR) is 35.3 cm³/mol. The number of rotatable bonds is 2. The van der Waals surface area contributed by atoms with E-state index in [1.54, 1.807) is 7.11 Å². The number of ether oxygens (including phenoxy) is 1. The molecule has 3 atom stereocenters. The van der Waals surface area contributed by atoms with Crippen molar-refractivity contribution in [2.75, 3.05) is 20.3 Å². The summed E-state index contributed by atoms with van der Waals surface area (Å²) in [5.41, 5.74) is 0. The Kier molecular flexibility index (Phi) is 1.24. The molecule has 0 radical (unpaired) electrons. The molecule has 1 saturated carbocycles. The second kappa shape index (κ2) is 1.96. The first-order valence-electron chi connectivity index (χ1n) is 3.64. The molecule has 1 N–H and O–H groups in total. The zero-order chi connectivity index (χ0) is 6.27. The van der Waals surface area contributed by atoms with Crippen LogP contribution in [0.2, 0.25) is 0 Å². The molecule has 1 saturated heterocycles. The summed E-state index contributed by atoms with van der Waals surface area (Å²) >= 11 is 0. The summed E-state index contributed by atoms with van der Waals surface area (Å²) in [6.45, 7) is 2.14. The van der Waals surface area contributed by atoms with Crippen LogP contribution in [0.4, 0.5) is 0 Å². The van der Waals surface area contributed by atoms with Crippen molar-refractivity contribution in [3.8, 4) is 0 Å². The normalized spacial score (nSPS) is 47.0. The summed E-state index contributed by atoms with van der Waals surface area (Å²) in [6, 6.07) is 0.681. The van der Waals surface area contributed by atoms with E-state index in [1.165, 1.54) is 13.0 Å². The minimum Gasteiger partial charge on any atom is -0.383 e. The van der Waals surface area contributed by atoms with Crippen LogP contribution in [-0.4, -0.2) is 26.3 Å². The molecule has 0 aromatic carbocycles. The van der Waals surface area contributed by atoms with Gasteiger partial charge in [0.15, 0.2) is 0 Å². The van der Waals surface area contributed by atoms with Crippen molar-refractivity contribution < 1.29 is 4.74 Å². The van der Waals surface area contributed by atoms with E-state index in [-0.39, 0.29) is 0 Å². The highest BCUT2D eigenvalue weighted by Crippen LogP contribution is 2.44. The van der Waals surface area contributed by atoms with Gasteiger partial charge in [0.25, 0.3) is 0 Å². The molecule has 0 aromatic heterocycles. The van der Waals surface area contributed by atoms with Crippen molar-refractivity contribution in [3.63, 3.8) is 0 Å². The average molecular weight is 127 g/mol. The Balaban J connectivity index is 1.84. The molecule has 2 aliphatic rings. The zero-order valence-electron chi connectivity index (χ0n) is 5.76. The Morgan fingerprint density at radius 2 is 2.56 bits per heavy atom. The molecular weight excluding hydrogens is 114 g/mol. The largest absolute Gasteiger partial charge is 0.383 e. The highest BCUT2D eigenvalue weighted by Gasteiger charge is 2.47. The molecule has 1 heterocycles. The molecule has 1 aliphatic heterocycles. The zero-order valence-corrected chi connectivity index (χ0v) is 5.76. The number of hydrogen-bond acceptors (Lipinski definition) is 2. The number of methoxy groups -OCH3 is 1. The minimum atomic E-state index is 0.681. The molecule has 2 rings (SSSR count). The van der Waals surface area contributed by atoms with Crippen molar-refractivity contribution in [1.82, 2.24) is 5.32 Å². The average Bonchev–Trinajstić information content (AvgIpc) is 2.54. The lowest BCUT2D eigenvalue weighted by atomic mass is 10.2. The summed E-state index contributed by atoms with van der Waals surface area (Å²) in [6.07, 6.45) is 1.45. The molecular formula is C7H13NO. The van der Waals surface area contributed by atoms with Gasteiger partial charge in [-0.2, -0.15) is 0 Å². The van der Waals surface area contributed by atoms with Crippen LogP contribution < -0.4 is 5.32 Å². The number of nitrogens with one attached hydrogen (secondary N) is 1. The van der Waals surface area contributed by atoms with Gasteiger partial charge in [-0.25, -0.2) is 0 Å². The van der Waals surface area contributed by atoms with Gasteiger partial charge in [-0.05, 0) is 24.8 Å². The van der Waals surface area contributed by atoms with E-state index in [4.69, 9.17) is 4.74 Å².